The third-order valence-corrected chi connectivity index (χ3v) is 4.27. The van der Waals surface area contributed by atoms with Gasteiger partial charge in [0.15, 0.2) is 0 Å². The van der Waals surface area contributed by atoms with Crippen molar-refractivity contribution in [3.8, 4) is 5.75 Å². The maximum atomic E-state index is 10.3. The van der Waals surface area contributed by atoms with Crippen molar-refractivity contribution in [2.45, 2.75) is 58.3 Å². The van der Waals surface area contributed by atoms with Crippen molar-refractivity contribution in [2.24, 2.45) is 0 Å². The Bertz CT molecular complexity index is 641. The Balaban J connectivity index is 0.000000280. The lowest BCUT2D eigenvalue weighted by Crippen LogP contribution is -1.94. The number of phenolic OH excluding ortho intramolecular Hbond substituents is 1. The monoisotopic (exact) mass is 386 g/mol. The smallest absolute Gasteiger partial charge is 0.303 e. The van der Waals surface area contributed by atoms with Gasteiger partial charge in [-0.3, -0.25) is 9.59 Å². The van der Waals surface area contributed by atoms with Gasteiger partial charge in [0, 0.05) is 12.8 Å². The largest absolute Gasteiger partial charge is 0.508 e. The van der Waals surface area contributed by atoms with E-state index in [1.54, 1.807) is 12.1 Å². The first kappa shape index (κ1) is 23.2. The van der Waals surface area contributed by atoms with Crippen LogP contribution >= 0.6 is 0 Å². The molecule has 0 heterocycles. The highest BCUT2D eigenvalue weighted by Gasteiger charge is 1.98. The zero-order valence-electron chi connectivity index (χ0n) is 16.4. The minimum absolute atomic E-state index is 0.234. The van der Waals surface area contributed by atoms with Crippen molar-refractivity contribution in [3.05, 3.63) is 65.2 Å². The first-order chi connectivity index (χ1) is 13.4. The molecule has 0 saturated heterocycles. The van der Waals surface area contributed by atoms with E-state index in [-0.39, 0.29) is 18.6 Å². The van der Waals surface area contributed by atoms with Crippen LogP contribution in [-0.4, -0.2) is 27.3 Å². The van der Waals surface area contributed by atoms with Crippen LogP contribution in [0.3, 0.4) is 0 Å². The number of aryl methyl sites for hydroxylation is 3. The average Bonchev–Trinajstić information content (AvgIpc) is 2.65. The average molecular weight is 386 g/mol. The molecule has 0 aromatic heterocycles. The van der Waals surface area contributed by atoms with Crippen LogP contribution in [0.25, 0.3) is 0 Å². The van der Waals surface area contributed by atoms with Crippen molar-refractivity contribution in [1.29, 1.82) is 0 Å². The van der Waals surface area contributed by atoms with Crippen LogP contribution in [0.1, 0.15) is 55.2 Å². The van der Waals surface area contributed by atoms with Crippen LogP contribution in [0.4, 0.5) is 0 Å². The topological polar surface area (TPSA) is 94.8 Å². The number of rotatable bonds is 10. The van der Waals surface area contributed by atoms with Crippen LogP contribution in [0.2, 0.25) is 0 Å². The summed E-state index contributed by atoms with van der Waals surface area (Å²) in [6.07, 6.45) is 5.66. The van der Waals surface area contributed by atoms with Gasteiger partial charge in [0.05, 0.1) is 0 Å². The molecule has 0 aliphatic carbocycles. The summed E-state index contributed by atoms with van der Waals surface area (Å²) in [5, 5.41) is 25.9. The second-order valence-corrected chi connectivity index (χ2v) is 6.85. The molecule has 0 amide bonds. The Kier molecular flexibility index (Phi) is 11.1. The van der Waals surface area contributed by atoms with Crippen LogP contribution in [0.5, 0.6) is 5.75 Å². The minimum Gasteiger partial charge on any atom is -0.508 e. The van der Waals surface area contributed by atoms with Crippen molar-refractivity contribution in [1.82, 2.24) is 0 Å². The zero-order valence-corrected chi connectivity index (χ0v) is 16.4. The van der Waals surface area contributed by atoms with Gasteiger partial charge < -0.3 is 15.3 Å². The number of hydrogen-bond donors (Lipinski definition) is 3. The van der Waals surface area contributed by atoms with Gasteiger partial charge in [-0.1, -0.05) is 42.0 Å². The highest BCUT2D eigenvalue weighted by molar-refractivity contribution is 5.66. The molecule has 2 aromatic carbocycles. The number of benzene rings is 2. The number of carboxylic acid groups (broad SMARTS) is 2. The molecule has 0 spiro atoms. The Morgan fingerprint density at radius 1 is 0.679 bits per heavy atom. The third kappa shape index (κ3) is 11.7. The van der Waals surface area contributed by atoms with Crippen LogP contribution in [0, 0.1) is 6.92 Å². The molecule has 0 aliphatic rings. The molecule has 2 aromatic rings. The van der Waals surface area contributed by atoms with E-state index >= 15 is 0 Å². The number of carboxylic acids is 2. The fraction of sp³-hybridized carbons (Fsp3) is 0.391. The second-order valence-electron chi connectivity index (χ2n) is 6.85. The molecule has 0 bridgehead atoms. The van der Waals surface area contributed by atoms with Crippen molar-refractivity contribution < 1.29 is 24.9 Å². The van der Waals surface area contributed by atoms with Crippen molar-refractivity contribution in [2.75, 3.05) is 0 Å². The molecular formula is C23H30O5. The molecule has 0 aliphatic heterocycles. The Morgan fingerprint density at radius 2 is 1.07 bits per heavy atom. The molecule has 0 fully saturated rings. The molecule has 2 rings (SSSR count). The van der Waals surface area contributed by atoms with Crippen LogP contribution in [0.15, 0.2) is 48.5 Å². The highest BCUT2D eigenvalue weighted by Crippen LogP contribution is 2.12. The van der Waals surface area contributed by atoms with Gasteiger partial charge in [-0.05, 0) is 68.7 Å². The lowest BCUT2D eigenvalue weighted by molar-refractivity contribution is -0.138. The number of aliphatic carboxylic acids is 2. The Hall–Kier alpha value is -2.82. The summed E-state index contributed by atoms with van der Waals surface area (Å²) in [4.78, 5) is 20.5. The van der Waals surface area contributed by atoms with Gasteiger partial charge in [-0.25, -0.2) is 0 Å². The van der Waals surface area contributed by atoms with Gasteiger partial charge in [-0.2, -0.15) is 0 Å². The lowest BCUT2D eigenvalue weighted by atomic mass is 10.1. The van der Waals surface area contributed by atoms with E-state index in [9.17, 15) is 9.59 Å². The molecular weight excluding hydrogens is 356 g/mol. The molecule has 0 saturated carbocycles. The number of unbranched alkanes of at least 4 members (excludes halogenated alkanes) is 2. The predicted octanol–water partition coefficient (Wildman–Crippen LogP) is 4.98. The first-order valence-corrected chi connectivity index (χ1v) is 9.64. The first-order valence-electron chi connectivity index (χ1n) is 9.64. The molecule has 152 valence electrons. The lowest BCUT2D eigenvalue weighted by Gasteiger charge is -2.00. The van der Waals surface area contributed by atoms with Crippen LogP contribution in [-0.2, 0) is 22.4 Å². The molecule has 0 unspecified atom stereocenters. The standard InChI is InChI=1S/C12H16O2.C11H14O3/c1-10-6-8-11(9-7-10)4-2-3-5-12(13)14;12-10-7-5-9(6-8-10)3-1-2-4-11(13)14/h6-9H,2-5H2,1H3,(H,13,14);5-8,12H,1-4H2,(H,13,14). The molecule has 0 radical (unpaired) electrons. The minimum atomic E-state index is -0.740. The number of hydrogen-bond acceptors (Lipinski definition) is 3. The third-order valence-electron chi connectivity index (χ3n) is 4.27. The summed E-state index contributed by atoms with van der Waals surface area (Å²) >= 11 is 0. The quantitative estimate of drug-likeness (QED) is 0.501. The van der Waals surface area contributed by atoms with Gasteiger partial charge in [-0.15, -0.1) is 0 Å². The molecule has 5 nitrogen and oxygen atoms in total. The Morgan fingerprint density at radius 3 is 1.46 bits per heavy atom. The van der Waals surface area contributed by atoms with E-state index in [4.69, 9.17) is 15.3 Å². The SMILES string of the molecule is Cc1ccc(CCCCC(=O)O)cc1.O=C(O)CCCCc1ccc(O)cc1. The van der Waals surface area contributed by atoms with E-state index in [1.807, 2.05) is 12.1 Å². The predicted molar refractivity (Wildman–Crippen MR) is 110 cm³/mol. The van der Waals surface area contributed by atoms with Gasteiger partial charge in [0.1, 0.15) is 5.75 Å². The normalized spacial score (nSPS) is 10.0. The summed E-state index contributed by atoms with van der Waals surface area (Å²) < 4.78 is 0. The fourth-order valence-corrected chi connectivity index (χ4v) is 2.63. The zero-order chi connectivity index (χ0) is 20.8. The number of phenols is 1. The van der Waals surface area contributed by atoms with Gasteiger partial charge in [0.25, 0.3) is 0 Å². The van der Waals surface area contributed by atoms with E-state index in [2.05, 4.69) is 31.2 Å². The second kappa shape index (κ2) is 13.4. The number of carbonyl (C=O) groups is 2. The molecule has 28 heavy (non-hydrogen) atoms. The Labute approximate surface area is 166 Å². The number of aromatic hydroxyl groups is 1. The van der Waals surface area contributed by atoms with E-state index in [0.29, 0.717) is 6.42 Å². The highest BCUT2D eigenvalue weighted by atomic mass is 16.4. The van der Waals surface area contributed by atoms with E-state index in [0.717, 1.165) is 37.7 Å². The molecule has 5 heteroatoms. The van der Waals surface area contributed by atoms with E-state index < -0.39 is 11.9 Å². The summed E-state index contributed by atoms with van der Waals surface area (Å²) in [5.41, 5.74) is 3.69. The van der Waals surface area contributed by atoms with Crippen molar-refractivity contribution >= 4 is 11.9 Å². The fourth-order valence-electron chi connectivity index (χ4n) is 2.63. The molecule has 3 N–H and O–H groups in total. The van der Waals surface area contributed by atoms with E-state index in [1.165, 1.54) is 11.1 Å². The summed E-state index contributed by atoms with van der Waals surface area (Å²) in [6, 6.07) is 15.4. The maximum Gasteiger partial charge on any atom is 0.303 e. The summed E-state index contributed by atoms with van der Waals surface area (Å²) in [7, 11) is 0. The van der Waals surface area contributed by atoms with Crippen LogP contribution < -0.4 is 0 Å². The summed E-state index contributed by atoms with van der Waals surface area (Å²) in [5.74, 6) is -1.18. The van der Waals surface area contributed by atoms with Gasteiger partial charge in [0.2, 0.25) is 0 Å². The van der Waals surface area contributed by atoms with Crippen molar-refractivity contribution in [3.63, 3.8) is 0 Å². The molecule has 0 atom stereocenters. The van der Waals surface area contributed by atoms with Gasteiger partial charge >= 0.3 is 11.9 Å². The maximum absolute atomic E-state index is 10.3. The summed E-state index contributed by atoms with van der Waals surface area (Å²) in [6.45, 7) is 2.06.